The van der Waals surface area contributed by atoms with Crippen LogP contribution >= 0.6 is 11.3 Å². The summed E-state index contributed by atoms with van der Waals surface area (Å²) in [5.74, 6) is -0.203. The number of thiazole rings is 1. The molecular weight excluding hydrogens is 283 g/mol. The maximum Gasteiger partial charge on any atom is 0.123 e. The van der Waals surface area contributed by atoms with Gasteiger partial charge < -0.3 is 5.32 Å². The standard InChI is InChI=1S/C17H21FN2S/c18-14-9-7-13(8-10-14)17-20-16(12-21-17)11-19-15-5-3-1-2-4-6-15/h7-10,12,15,19H,1-6,11H2. The zero-order valence-corrected chi connectivity index (χ0v) is 13.0. The van der Waals surface area contributed by atoms with E-state index in [0.717, 1.165) is 22.8 Å². The van der Waals surface area contributed by atoms with Crippen LogP contribution < -0.4 is 5.32 Å². The predicted octanol–water partition coefficient (Wildman–Crippen LogP) is 4.76. The van der Waals surface area contributed by atoms with E-state index in [1.807, 2.05) is 0 Å². The molecule has 21 heavy (non-hydrogen) atoms. The van der Waals surface area contributed by atoms with Crippen molar-refractivity contribution in [1.82, 2.24) is 10.3 Å². The van der Waals surface area contributed by atoms with Gasteiger partial charge in [-0.25, -0.2) is 9.37 Å². The number of aromatic nitrogens is 1. The van der Waals surface area contributed by atoms with Crippen molar-refractivity contribution in [2.24, 2.45) is 0 Å². The molecule has 1 saturated carbocycles. The van der Waals surface area contributed by atoms with Gasteiger partial charge in [-0.1, -0.05) is 25.7 Å². The van der Waals surface area contributed by atoms with Gasteiger partial charge in [-0.3, -0.25) is 0 Å². The quantitative estimate of drug-likeness (QED) is 0.824. The van der Waals surface area contributed by atoms with Crippen LogP contribution in [0.3, 0.4) is 0 Å². The number of benzene rings is 1. The summed E-state index contributed by atoms with van der Waals surface area (Å²) >= 11 is 1.63. The fourth-order valence-corrected chi connectivity index (χ4v) is 3.67. The molecule has 0 amide bonds. The minimum Gasteiger partial charge on any atom is -0.308 e. The first-order chi connectivity index (χ1) is 10.3. The van der Waals surface area contributed by atoms with Crippen LogP contribution in [0.25, 0.3) is 10.6 Å². The van der Waals surface area contributed by atoms with Crippen molar-refractivity contribution < 1.29 is 4.39 Å². The second-order valence-corrected chi connectivity index (χ2v) is 6.58. The van der Waals surface area contributed by atoms with E-state index in [2.05, 4.69) is 15.7 Å². The Morgan fingerprint density at radius 2 is 1.81 bits per heavy atom. The average Bonchev–Trinajstić information content (AvgIpc) is 2.81. The van der Waals surface area contributed by atoms with Gasteiger partial charge in [0.1, 0.15) is 10.8 Å². The Bertz CT molecular complexity index is 556. The SMILES string of the molecule is Fc1ccc(-c2nc(CNC3CCCCCC3)cs2)cc1. The highest BCUT2D eigenvalue weighted by atomic mass is 32.1. The Hall–Kier alpha value is -1.26. The highest BCUT2D eigenvalue weighted by molar-refractivity contribution is 7.13. The van der Waals surface area contributed by atoms with Crippen LogP contribution in [-0.2, 0) is 6.54 Å². The van der Waals surface area contributed by atoms with E-state index in [9.17, 15) is 4.39 Å². The molecule has 0 unspecified atom stereocenters. The molecule has 4 heteroatoms. The Labute approximate surface area is 129 Å². The van der Waals surface area contributed by atoms with E-state index >= 15 is 0 Å². The van der Waals surface area contributed by atoms with Crippen molar-refractivity contribution in [3.05, 3.63) is 41.2 Å². The zero-order chi connectivity index (χ0) is 14.5. The molecule has 0 atom stereocenters. The molecule has 0 saturated heterocycles. The van der Waals surface area contributed by atoms with Crippen LogP contribution in [0.5, 0.6) is 0 Å². The van der Waals surface area contributed by atoms with E-state index in [1.54, 1.807) is 23.5 Å². The smallest absolute Gasteiger partial charge is 0.123 e. The fourth-order valence-electron chi connectivity index (χ4n) is 2.85. The lowest BCUT2D eigenvalue weighted by molar-refractivity contribution is 0.457. The van der Waals surface area contributed by atoms with Gasteiger partial charge in [0.25, 0.3) is 0 Å². The van der Waals surface area contributed by atoms with Crippen molar-refractivity contribution in [3.63, 3.8) is 0 Å². The van der Waals surface area contributed by atoms with Crippen molar-refractivity contribution >= 4 is 11.3 Å². The number of nitrogens with zero attached hydrogens (tertiary/aromatic N) is 1. The number of nitrogens with one attached hydrogen (secondary N) is 1. The van der Waals surface area contributed by atoms with E-state index < -0.39 is 0 Å². The van der Waals surface area contributed by atoms with Gasteiger partial charge in [0.05, 0.1) is 5.69 Å². The summed E-state index contributed by atoms with van der Waals surface area (Å²) in [5, 5.41) is 6.70. The van der Waals surface area contributed by atoms with E-state index in [0.29, 0.717) is 6.04 Å². The highest BCUT2D eigenvalue weighted by Crippen LogP contribution is 2.24. The van der Waals surface area contributed by atoms with Gasteiger partial charge in [-0.15, -0.1) is 11.3 Å². The van der Waals surface area contributed by atoms with Gasteiger partial charge in [0, 0.05) is 23.5 Å². The van der Waals surface area contributed by atoms with Crippen LogP contribution in [0, 0.1) is 5.82 Å². The summed E-state index contributed by atoms with van der Waals surface area (Å²) in [6.45, 7) is 0.836. The number of halogens is 1. The maximum atomic E-state index is 12.9. The summed E-state index contributed by atoms with van der Waals surface area (Å²) in [4.78, 5) is 4.65. The molecule has 1 heterocycles. The monoisotopic (exact) mass is 304 g/mol. The lowest BCUT2D eigenvalue weighted by Gasteiger charge is -2.14. The summed E-state index contributed by atoms with van der Waals surface area (Å²) in [6.07, 6.45) is 8.02. The summed E-state index contributed by atoms with van der Waals surface area (Å²) in [5.41, 5.74) is 2.07. The lowest BCUT2D eigenvalue weighted by Crippen LogP contribution is -2.27. The number of hydrogen-bond donors (Lipinski definition) is 1. The molecular formula is C17H21FN2S. The first-order valence-corrected chi connectivity index (χ1v) is 8.63. The van der Waals surface area contributed by atoms with Gasteiger partial charge >= 0.3 is 0 Å². The molecule has 0 radical (unpaired) electrons. The van der Waals surface area contributed by atoms with Crippen LogP contribution in [0.4, 0.5) is 4.39 Å². The zero-order valence-electron chi connectivity index (χ0n) is 12.1. The van der Waals surface area contributed by atoms with Gasteiger partial charge in [0.2, 0.25) is 0 Å². The topological polar surface area (TPSA) is 24.9 Å². The molecule has 0 spiro atoms. The van der Waals surface area contributed by atoms with E-state index in [-0.39, 0.29) is 5.82 Å². The number of rotatable bonds is 4. The third-order valence-corrected chi connectivity index (χ3v) is 5.01. The van der Waals surface area contributed by atoms with E-state index in [1.165, 1.54) is 50.7 Å². The molecule has 112 valence electrons. The lowest BCUT2D eigenvalue weighted by atomic mass is 10.1. The summed E-state index contributed by atoms with van der Waals surface area (Å²) in [7, 11) is 0. The van der Waals surface area contributed by atoms with Crippen molar-refractivity contribution in [3.8, 4) is 10.6 Å². The molecule has 1 aromatic heterocycles. The Morgan fingerprint density at radius 3 is 2.52 bits per heavy atom. The van der Waals surface area contributed by atoms with Crippen LogP contribution in [0.2, 0.25) is 0 Å². The number of hydrogen-bond acceptors (Lipinski definition) is 3. The van der Waals surface area contributed by atoms with Gasteiger partial charge in [-0.2, -0.15) is 0 Å². The van der Waals surface area contributed by atoms with Crippen LogP contribution in [-0.4, -0.2) is 11.0 Å². The van der Waals surface area contributed by atoms with Crippen molar-refractivity contribution in [2.75, 3.05) is 0 Å². The molecule has 2 nitrogen and oxygen atoms in total. The van der Waals surface area contributed by atoms with Crippen molar-refractivity contribution in [2.45, 2.75) is 51.1 Å². The Kier molecular flexibility index (Phi) is 4.99. The Balaban J connectivity index is 1.58. The molecule has 1 N–H and O–H groups in total. The van der Waals surface area contributed by atoms with E-state index in [4.69, 9.17) is 0 Å². The Morgan fingerprint density at radius 1 is 1.10 bits per heavy atom. The fraction of sp³-hybridized carbons (Fsp3) is 0.471. The molecule has 1 aromatic carbocycles. The van der Waals surface area contributed by atoms with Gasteiger partial charge in [-0.05, 0) is 37.1 Å². The van der Waals surface area contributed by atoms with Crippen molar-refractivity contribution in [1.29, 1.82) is 0 Å². The minimum atomic E-state index is -0.203. The molecule has 2 aromatic rings. The summed E-state index contributed by atoms with van der Waals surface area (Å²) < 4.78 is 12.9. The highest BCUT2D eigenvalue weighted by Gasteiger charge is 2.12. The third kappa shape index (κ3) is 4.11. The average molecular weight is 304 g/mol. The van der Waals surface area contributed by atoms with Crippen LogP contribution in [0.1, 0.15) is 44.2 Å². The molecule has 1 aliphatic rings. The van der Waals surface area contributed by atoms with Gasteiger partial charge in [0.15, 0.2) is 0 Å². The first-order valence-electron chi connectivity index (χ1n) is 7.75. The second kappa shape index (κ2) is 7.14. The first kappa shape index (κ1) is 14.7. The second-order valence-electron chi connectivity index (χ2n) is 5.72. The molecule has 0 bridgehead atoms. The maximum absolute atomic E-state index is 12.9. The largest absolute Gasteiger partial charge is 0.308 e. The van der Waals surface area contributed by atoms with Crippen LogP contribution in [0.15, 0.2) is 29.6 Å². The predicted molar refractivity (Wildman–Crippen MR) is 85.8 cm³/mol. The molecule has 1 fully saturated rings. The minimum absolute atomic E-state index is 0.203. The normalized spacial score (nSPS) is 16.8. The molecule has 3 rings (SSSR count). The molecule has 1 aliphatic carbocycles. The molecule has 0 aliphatic heterocycles. The summed E-state index contributed by atoms with van der Waals surface area (Å²) in [6, 6.07) is 7.19. The third-order valence-electron chi connectivity index (χ3n) is 4.07.